The molecule has 2 aromatic carbocycles. The highest BCUT2D eigenvalue weighted by Crippen LogP contribution is 2.38. The second kappa shape index (κ2) is 8.27. The molecule has 0 bridgehead atoms. The first-order valence-corrected chi connectivity index (χ1v) is 10.1. The number of alkyl halides is 1. The van der Waals surface area contributed by atoms with Gasteiger partial charge in [0, 0.05) is 11.5 Å². The number of rotatable bonds is 5. The summed E-state index contributed by atoms with van der Waals surface area (Å²) >= 11 is 5.66. The van der Waals surface area contributed by atoms with Gasteiger partial charge in [-0.1, -0.05) is 11.6 Å². The Morgan fingerprint density at radius 2 is 1.91 bits per heavy atom. The molecule has 1 N–H and O–H groups in total. The van der Waals surface area contributed by atoms with Crippen LogP contribution in [0.25, 0.3) is 10.9 Å². The molecule has 0 amide bonds. The van der Waals surface area contributed by atoms with Gasteiger partial charge >= 0.3 is 0 Å². The fourth-order valence-corrected chi connectivity index (χ4v) is 4.01. The van der Waals surface area contributed by atoms with E-state index in [4.69, 9.17) is 30.5 Å². The molecule has 11 heteroatoms. The Kier molecular flexibility index (Phi) is 5.44. The number of nitrogens with one attached hydrogen (secondary N) is 1. The highest BCUT2D eigenvalue weighted by atomic mass is 35.5. The number of methoxy groups -OCH3 is 1. The van der Waals surface area contributed by atoms with Crippen LogP contribution in [0.2, 0.25) is 5.02 Å². The van der Waals surface area contributed by atoms with Crippen LogP contribution in [0, 0.1) is 11.6 Å². The minimum absolute atomic E-state index is 0.0315. The Balaban J connectivity index is 1.47. The molecule has 3 aromatic rings. The number of ether oxygens (including phenoxy) is 4. The Morgan fingerprint density at radius 1 is 1.09 bits per heavy atom. The first-order valence-electron chi connectivity index (χ1n) is 9.73. The lowest BCUT2D eigenvalue weighted by molar-refractivity contribution is 0.0271. The van der Waals surface area contributed by atoms with Gasteiger partial charge in [0.25, 0.3) is 0 Å². The topological polar surface area (TPSA) is 74.7 Å². The van der Waals surface area contributed by atoms with Crippen molar-refractivity contribution in [2.45, 2.75) is 24.5 Å². The summed E-state index contributed by atoms with van der Waals surface area (Å²) in [5, 5.41) is 2.68. The van der Waals surface area contributed by atoms with E-state index < -0.39 is 41.1 Å². The molecule has 1 aromatic heterocycles. The minimum atomic E-state index is -1.19. The summed E-state index contributed by atoms with van der Waals surface area (Å²) in [6.45, 7) is 0.147. The highest BCUT2D eigenvalue weighted by Gasteiger charge is 2.49. The fraction of sp³-hybridized carbons (Fsp3) is 0.333. The van der Waals surface area contributed by atoms with Crippen LogP contribution < -0.4 is 14.8 Å². The molecule has 0 saturated carbocycles. The maximum Gasteiger partial charge on any atom is 0.168 e. The second-order valence-corrected chi connectivity index (χ2v) is 7.74. The van der Waals surface area contributed by atoms with E-state index in [9.17, 15) is 13.2 Å². The summed E-state index contributed by atoms with van der Waals surface area (Å²) in [7, 11) is 1.46. The number of hydrogen-bond acceptors (Lipinski definition) is 7. The van der Waals surface area contributed by atoms with Crippen molar-refractivity contribution in [1.82, 2.24) is 9.97 Å². The normalized spacial score (nSPS) is 24.5. The molecule has 0 aliphatic carbocycles. The largest absolute Gasteiger partial charge is 0.493 e. The molecule has 2 saturated heterocycles. The summed E-state index contributed by atoms with van der Waals surface area (Å²) in [5.74, 6) is -0.838. The van der Waals surface area contributed by atoms with E-state index in [2.05, 4.69) is 15.3 Å². The maximum absolute atomic E-state index is 14.3. The van der Waals surface area contributed by atoms with Crippen molar-refractivity contribution in [3.63, 3.8) is 0 Å². The SMILES string of the molecule is COc1cc2c(Nc3ccc(F)c(Cl)c3F)ncnc2cc1OC1CO[C@H]2C(F)CO[C@@H]12. The first-order chi connectivity index (χ1) is 15.5. The first kappa shape index (κ1) is 21.0. The van der Waals surface area contributed by atoms with Crippen molar-refractivity contribution < 1.29 is 32.1 Å². The summed E-state index contributed by atoms with van der Waals surface area (Å²) in [4.78, 5) is 8.39. The third-order valence-corrected chi connectivity index (χ3v) is 5.78. The summed E-state index contributed by atoms with van der Waals surface area (Å²) in [6.07, 6.45) is -1.58. The number of fused-ring (bicyclic) bond motifs is 2. The van der Waals surface area contributed by atoms with Crippen LogP contribution in [0.4, 0.5) is 24.7 Å². The van der Waals surface area contributed by atoms with E-state index in [1.54, 1.807) is 12.1 Å². The molecule has 4 atom stereocenters. The molecule has 2 fully saturated rings. The monoisotopic (exact) mass is 467 g/mol. The Morgan fingerprint density at radius 3 is 2.72 bits per heavy atom. The quantitative estimate of drug-likeness (QED) is 0.564. The molecule has 7 nitrogen and oxygen atoms in total. The fourth-order valence-electron chi connectivity index (χ4n) is 3.85. The van der Waals surface area contributed by atoms with Gasteiger partial charge < -0.3 is 24.3 Å². The van der Waals surface area contributed by atoms with Gasteiger partial charge in [-0.2, -0.15) is 0 Å². The van der Waals surface area contributed by atoms with Crippen LogP contribution in [0.5, 0.6) is 11.5 Å². The number of nitrogens with zero attached hydrogens (tertiary/aromatic N) is 2. The molecule has 3 heterocycles. The summed E-state index contributed by atoms with van der Waals surface area (Å²) < 4.78 is 64.1. The zero-order chi connectivity index (χ0) is 22.4. The Hall–Kier alpha value is -2.82. The summed E-state index contributed by atoms with van der Waals surface area (Å²) in [6, 6.07) is 5.52. The maximum atomic E-state index is 14.3. The lowest BCUT2D eigenvalue weighted by Gasteiger charge is -2.20. The third kappa shape index (κ3) is 3.58. The van der Waals surface area contributed by atoms with Gasteiger partial charge in [0.1, 0.15) is 35.2 Å². The van der Waals surface area contributed by atoms with Gasteiger partial charge in [-0.05, 0) is 18.2 Å². The number of aromatic nitrogens is 2. The molecular formula is C21H17ClF3N3O4. The lowest BCUT2D eigenvalue weighted by atomic mass is 10.1. The zero-order valence-corrected chi connectivity index (χ0v) is 17.4. The zero-order valence-electron chi connectivity index (χ0n) is 16.6. The van der Waals surface area contributed by atoms with Crippen molar-refractivity contribution in [2.24, 2.45) is 0 Å². The second-order valence-electron chi connectivity index (χ2n) is 7.36. The van der Waals surface area contributed by atoms with Crippen LogP contribution in [0.15, 0.2) is 30.6 Å². The van der Waals surface area contributed by atoms with Crippen molar-refractivity contribution in [3.05, 3.63) is 47.2 Å². The number of halogens is 4. The van der Waals surface area contributed by atoms with Crippen molar-refractivity contribution in [2.75, 3.05) is 25.6 Å². The van der Waals surface area contributed by atoms with Crippen molar-refractivity contribution >= 4 is 34.0 Å². The molecule has 0 spiro atoms. The van der Waals surface area contributed by atoms with Crippen LogP contribution >= 0.6 is 11.6 Å². The molecule has 2 aliphatic heterocycles. The summed E-state index contributed by atoms with van der Waals surface area (Å²) in [5.41, 5.74) is 0.419. The number of anilines is 2. The molecular weight excluding hydrogens is 451 g/mol. The van der Waals surface area contributed by atoms with Crippen LogP contribution in [0.3, 0.4) is 0 Å². The lowest BCUT2D eigenvalue weighted by Crippen LogP contribution is -2.33. The van der Waals surface area contributed by atoms with E-state index in [-0.39, 0.29) is 24.7 Å². The van der Waals surface area contributed by atoms with Gasteiger partial charge in [-0.3, -0.25) is 0 Å². The van der Waals surface area contributed by atoms with Gasteiger partial charge in [0.2, 0.25) is 0 Å². The Bertz CT molecular complexity index is 1180. The predicted molar refractivity (Wildman–Crippen MR) is 110 cm³/mol. The molecule has 168 valence electrons. The predicted octanol–water partition coefficient (Wildman–Crippen LogP) is 4.20. The van der Waals surface area contributed by atoms with Crippen molar-refractivity contribution in [3.8, 4) is 11.5 Å². The van der Waals surface area contributed by atoms with Crippen LogP contribution in [-0.2, 0) is 9.47 Å². The average molecular weight is 468 g/mol. The van der Waals surface area contributed by atoms with Gasteiger partial charge in [0.15, 0.2) is 29.6 Å². The van der Waals surface area contributed by atoms with Crippen LogP contribution in [0.1, 0.15) is 0 Å². The number of benzene rings is 2. The highest BCUT2D eigenvalue weighted by molar-refractivity contribution is 6.31. The van der Waals surface area contributed by atoms with Gasteiger partial charge in [-0.25, -0.2) is 23.1 Å². The smallest absolute Gasteiger partial charge is 0.168 e. The molecule has 32 heavy (non-hydrogen) atoms. The van der Waals surface area contributed by atoms with Crippen LogP contribution in [-0.4, -0.2) is 54.8 Å². The number of hydrogen-bond donors (Lipinski definition) is 1. The van der Waals surface area contributed by atoms with E-state index >= 15 is 0 Å². The van der Waals surface area contributed by atoms with E-state index in [1.165, 1.54) is 19.5 Å². The molecule has 2 aliphatic rings. The van der Waals surface area contributed by atoms with E-state index in [0.29, 0.717) is 22.4 Å². The average Bonchev–Trinajstić information content (AvgIpc) is 3.37. The molecule has 5 rings (SSSR count). The standard InChI is InChI=1S/C21H17ClF3N3O4/c1-29-14-4-9-13(5-15(14)32-16-7-31-19-11(24)6-30-20(16)19)26-8-27-21(9)28-12-3-2-10(23)17(22)18(12)25/h2-5,8,11,16,19-20H,6-7H2,1H3,(H,26,27,28)/t11?,16?,19-,20-/m0/s1. The van der Waals surface area contributed by atoms with Gasteiger partial charge in [-0.15, -0.1) is 0 Å². The minimum Gasteiger partial charge on any atom is -0.493 e. The molecule has 0 radical (unpaired) electrons. The molecule has 2 unspecified atom stereocenters. The van der Waals surface area contributed by atoms with Crippen molar-refractivity contribution in [1.29, 1.82) is 0 Å². The van der Waals surface area contributed by atoms with Gasteiger partial charge in [0.05, 0.1) is 31.5 Å². The van der Waals surface area contributed by atoms with E-state index in [1.807, 2.05) is 0 Å². The van der Waals surface area contributed by atoms with E-state index in [0.717, 1.165) is 6.07 Å². The third-order valence-electron chi connectivity index (χ3n) is 5.43. The Labute approximate surface area is 185 Å².